The Hall–Kier alpha value is -1.28. The topological polar surface area (TPSA) is 26.3 Å². The Morgan fingerprint density at radius 3 is 2.53 bits per heavy atom. The molecule has 92 valence electrons. The lowest BCUT2D eigenvalue weighted by atomic mass is 9.95. The standard InChI is InChI=1S/C14H17ClO2/c1-14(2,3)8-7-12(16)11-9-10(15)5-6-13(11)17-4/h5-9H,1-4H3/b8-7+. The molecule has 0 aromatic heterocycles. The van der Waals surface area contributed by atoms with E-state index in [1.54, 1.807) is 24.3 Å². The van der Waals surface area contributed by atoms with Crippen molar-refractivity contribution in [3.63, 3.8) is 0 Å². The van der Waals surface area contributed by atoms with Gasteiger partial charge in [-0.15, -0.1) is 0 Å². The maximum absolute atomic E-state index is 12.0. The Kier molecular flexibility index (Phi) is 4.35. The molecule has 2 nitrogen and oxygen atoms in total. The number of rotatable bonds is 3. The highest BCUT2D eigenvalue weighted by Gasteiger charge is 2.12. The lowest BCUT2D eigenvalue weighted by molar-refractivity contribution is 0.104. The molecule has 0 heterocycles. The summed E-state index contributed by atoms with van der Waals surface area (Å²) in [6, 6.07) is 5.01. The molecule has 0 fully saturated rings. The molecule has 0 aliphatic heterocycles. The molecule has 3 heteroatoms. The van der Waals surface area contributed by atoms with Gasteiger partial charge in [-0.1, -0.05) is 38.4 Å². The average molecular weight is 253 g/mol. The molecule has 0 saturated carbocycles. The van der Waals surface area contributed by atoms with E-state index in [-0.39, 0.29) is 11.2 Å². The summed E-state index contributed by atoms with van der Waals surface area (Å²) in [5.41, 5.74) is 0.460. The summed E-state index contributed by atoms with van der Waals surface area (Å²) in [5, 5.41) is 0.526. The largest absolute Gasteiger partial charge is 0.496 e. The number of ketones is 1. The van der Waals surface area contributed by atoms with Gasteiger partial charge in [0.15, 0.2) is 5.78 Å². The van der Waals surface area contributed by atoms with E-state index in [0.717, 1.165) is 0 Å². The number of hydrogen-bond acceptors (Lipinski definition) is 2. The van der Waals surface area contributed by atoms with Gasteiger partial charge in [0.05, 0.1) is 12.7 Å². The summed E-state index contributed by atoms with van der Waals surface area (Å²) in [4.78, 5) is 12.0. The fourth-order valence-corrected chi connectivity index (χ4v) is 1.46. The van der Waals surface area contributed by atoms with Crippen LogP contribution in [0.3, 0.4) is 0 Å². The van der Waals surface area contributed by atoms with Gasteiger partial charge in [0.2, 0.25) is 0 Å². The van der Waals surface area contributed by atoms with Crippen LogP contribution in [0, 0.1) is 5.41 Å². The second kappa shape index (κ2) is 5.37. The lowest BCUT2D eigenvalue weighted by Crippen LogP contribution is -2.03. The number of methoxy groups -OCH3 is 1. The summed E-state index contributed by atoms with van der Waals surface area (Å²) < 4.78 is 5.14. The molecule has 0 spiro atoms. The van der Waals surface area contributed by atoms with Gasteiger partial charge in [-0.05, 0) is 29.7 Å². The predicted molar refractivity (Wildman–Crippen MR) is 70.9 cm³/mol. The van der Waals surface area contributed by atoms with Crippen molar-refractivity contribution in [1.29, 1.82) is 0 Å². The van der Waals surface area contributed by atoms with Gasteiger partial charge in [-0.25, -0.2) is 0 Å². The van der Waals surface area contributed by atoms with Crippen molar-refractivity contribution in [3.05, 3.63) is 40.9 Å². The Bertz CT molecular complexity index is 442. The van der Waals surface area contributed by atoms with Crippen LogP contribution in [-0.2, 0) is 0 Å². The van der Waals surface area contributed by atoms with Gasteiger partial charge in [-0.2, -0.15) is 0 Å². The van der Waals surface area contributed by atoms with E-state index in [2.05, 4.69) is 0 Å². The first-order chi connectivity index (χ1) is 7.83. The minimum atomic E-state index is -0.0979. The highest BCUT2D eigenvalue weighted by Crippen LogP contribution is 2.24. The fourth-order valence-electron chi connectivity index (χ4n) is 1.29. The van der Waals surface area contributed by atoms with Gasteiger partial charge in [-0.3, -0.25) is 4.79 Å². The molecular weight excluding hydrogens is 236 g/mol. The first-order valence-corrected chi connectivity index (χ1v) is 5.78. The summed E-state index contributed by atoms with van der Waals surface area (Å²) in [7, 11) is 1.54. The second-order valence-electron chi connectivity index (χ2n) is 4.91. The molecule has 1 aromatic carbocycles. The van der Waals surface area contributed by atoms with Gasteiger partial charge >= 0.3 is 0 Å². The quantitative estimate of drug-likeness (QED) is 0.597. The van der Waals surface area contributed by atoms with E-state index < -0.39 is 0 Å². The molecule has 17 heavy (non-hydrogen) atoms. The van der Waals surface area contributed by atoms with Gasteiger partial charge in [0, 0.05) is 5.02 Å². The van der Waals surface area contributed by atoms with E-state index >= 15 is 0 Å². The minimum Gasteiger partial charge on any atom is -0.496 e. The van der Waals surface area contributed by atoms with Crippen LogP contribution in [0.1, 0.15) is 31.1 Å². The molecule has 0 radical (unpaired) electrons. The Balaban J connectivity index is 3.04. The van der Waals surface area contributed by atoms with Crippen molar-refractivity contribution in [2.24, 2.45) is 5.41 Å². The SMILES string of the molecule is COc1ccc(Cl)cc1C(=O)/C=C/C(C)(C)C. The molecular formula is C14H17ClO2. The zero-order valence-corrected chi connectivity index (χ0v) is 11.3. The van der Waals surface area contributed by atoms with E-state index in [9.17, 15) is 4.79 Å². The first-order valence-electron chi connectivity index (χ1n) is 5.40. The van der Waals surface area contributed by atoms with E-state index in [4.69, 9.17) is 16.3 Å². The fraction of sp³-hybridized carbons (Fsp3) is 0.357. The molecule has 0 atom stereocenters. The monoisotopic (exact) mass is 252 g/mol. The van der Waals surface area contributed by atoms with Crippen LogP contribution in [0.5, 0.6) is 5.75 Å². The van der Waals surface area contributed by atoms with Crippen LogP contribution < -0.4 is 4.74 Å². The van der Waals surface area contributed by atoms with Crippen molar-refractivity contribution in [2.45, 2.75) is 20.8 Å². The molecule has 1 aromatic rings. The van der Waals surface area contributed by atoms with Crippen molar-refractivity contribution >= 4 is 17.4 Å². The zero-order chi connectivity index (χ0) is 13.1. The van der Waals surface area contributed by atoms with E-state index in [1.165, 1.54) is 7.11 Å². The second-order valence-corrected chi connectivity index (χ2v) is 5.34. The highest BCUT2D eigenvalue weighted by atomic mass is 35.5. The van der Waals surface area contributed by atoms with Crippen LogP contribution in [0.15, 0.2) is 30.4 Å². The third-order valence-electron chi connectivity index (χ3n) is 2.16. The predicted octanol–water partition coefficient (Wildman–Crippen LogP) is 4.13. The Labute approximate surface area is 107 Å². The summed E-state index contributed by atoms with van der Waals surface area (Å²) >= 11 is 5.88. The molecule has 0 saturated heterocycles. The Morgan fingerprint density at radius 1 is 1.35 bits per heavy atom. The zero-order valence-electron chi connectivity index (χ0n) is 10.6. The Morgan fingerprint density at radius 2 is 2.00 bits per heavy atom. The van der Waals surface area contributed by atoms with Crippen LogP contribution in [0.4, 0.5) is 0 Å². The van der Waals surface area contributed by atoms with Crippen LogP contribution in [0.25, 0.3) is 0 Å². The molecule has 0 unspecified atom stereocenters. The van der Waals surface area contributed by atoms with Crippen molar-refractivity contribution in [2.75, 3.05) is 7.11 Å². The van der Waals surface area contributed by atoms with Crippen LogP contribution in [0.2, 0.25) is 5.02 Å². The summed E-state index contributed by atoms with van der Waals surface area (Å²) in [5.74, 6) is 0.442. The molecule has 0 aliphatic rings. The molecule has 0 aliphatic carbocycles. The van der Waals surface area contributed by atoms with E-state index in [1.807, 2.05) is 26.8 Å². The number of benzene rings is 1. The number of allylic oxidation sites excluding steroid dienone is 2. The molecule has 1 rings (SSSR count). The number of halogens is 1. The van der Waals surface area contributed by atoms with Crippen molar-refractivity contribution < 1.29 is 9.53 Å². The number of hydrogen-bond donors (Lipinski definition) is 0. The lowest BCUT2D eigenvalue weighted by Gasteiger charge is -2.11. The minimum absolute atomic E-state index is 0.0263. The summed E-state index contributed by atoms with van der Waals surface area (Å²) in [6.45, 7) is 6.10. The number of carbonyl (C=O) groups is 1. The maximum atomic E-state index is 12.0. The van der Waals surface area contributed by atoms with Gasteiger partial charge < -0.3 is 4.74 Å². The van der Waals surface area contributed by atoms with Gasteiger partial charge in [0.1, 0.15) is 5.75 Å². The van der Waals surface area contributed by atoms with Crippen molar-refractivity contribution in [1.82, 2.24) is 0 Å². The third kappa shape index (κ3) is 4.23. The normalized spacial score (nSPS) is 11.8. The smallest absolute Gasteiger partial charge is 0.189 e. The van der Waals surface area contributed by atoms with Crippen molar-refractivity contribution in [3.8, 4) is 5.75 Å². The van der Waals surface area contributed by atoms with Gasteiger partial charge in [0.25, 0.3) is 0 Å². The highest BCUT2D eigenvalue weighted by molar-refractivity contribution is 6.31. The summed E-state index contributed by atoms with van der Waals surface area (Å²) in [6.07, 6.45) is 3.43. The van der Waals surface area contributed by atoms with E-state index in [0.29, 0.717) is 16.3 Å². The average Bonchev–Trinajstić information content (AvgIpc) is 2.25. The number of ether oxygens (including phenoxy) is 1. The van der Waals surface area contributed by atoms with Crippen LogP contribution >= 0.6 is 11.6 Å². The number of carbonyl (C=O) groups excluding carboxylic acids is 1. The molecule has 0 amide bonds. The first kappa shape index (κ1) is 13.8. The molecule has 0 bridgehead atoms. The maximum Gasteiger partial charge on any atom is 0.189 e. The third-order valence-corrected chi connectivity index (χ3v) is 2.40. The van der Waals surface area contributed by atoms with Crippen LogP contribution in [-0.4, -0.2) is 12.9 Å². The molecule has 0 N–H and O–H groups in total.